The number of methoxy groups -OCH3 is 1. The van der Waals surface area contributed by atoms with Crippen molar-refractivity contribution in [2.24, 2.45) is 7.05 Å². The van der Waals surface area contributed by atoms with Crippen LogP contribution in [0.3, 0.4) is 0 Å². The lowest BCUT2D eigenvalue weighted by atomic mass is 10.1. The molecule has 0 aliphatic heterocycles. The number of rotatable bonds is 6. The summed E-state index contributed by atoms with van der Waals surface area (Å²) in [5.74, 6) is 0.808. The van der Waals surface area contributed by atoms with E-state index in [4.69, 9.17) is 4.74 Å². The van der Waals surface area contributed by atoms with E-state index in [0.717, 1.165) is 5.56 Å². The number of ether oxygens (including phenoxy) is 1. The molecule has 0 aliphatic carbocycles. The Hall–Kier alpha value is -3.00. The molecular weight excluding hydrogens is 390 g/mol. The molecule has 2 aromatic heterocycles. The fraction of sp³-hybridized carbons (Fsp3) is 0.286. The molecule has 0 spiro atoms. The maximum absolute atomic E-state index is 12.2. The lowest BCUT2D eigenvalue weighted by Gasteiger charge is -2.12. The number of hydrogen-bond acceptors (Lipinski definition) is 6. The Labute approximate surface area is 170 Å². The van der Waals surface area contributed by atoms with Crippen LogP contribution in [0, 0.1) is 6.92 Å². The molecule has 0 unspecified atom stereocenters. The summed E-state index contributed by atoms with van der Waals surface area (Å²) in [6.07, 6.45) is 1.67. The van der Waals surface area contributed by atoms with Crippen LogP contribution in [0.2, 0.25) is 0 Å². The molecule has 0 radical (unpaired) electrons. The van der Waals surface area contributed by atoms with Crippen LogP contribution >= 0.6 is 0 Å². The molecule has 0 fully saturated rings. The second kappa shape index (κ2) is 8.16. The van der Waals surface area contributed by atoms with Crippen LogP contribution in [0.15, 0.2) is 47.4 Å². The Morgan fingerprint density at radius 2 is 1.86 bits per heavy atom. The van der Waals surface area contributed by atoms with Gasteiger partial charge in [-0.3, -0.25) is 4.79 Å². The molecule has 3 rings (SSSR count). The van der Waals surface area contributed by atoms with Gasteiger partial charge in [-0.25, -0.2) is 18.4 Å². The van der Waals surface area contributed by atoms with E-state index >= 15 is 0 Å². The largest absolute Gasteiger partial charge is 0.496 e. The predicted octanol–water partition coefficient (Wildman–Crippen LogP) is 2.76. The summed E-state index contributed by atoms with van der Waals surface area (Å²) < 4.78 is 31.3. The Kier molecular flexibility index (Phi) is 5.83. The summed E-state index contributed by atoms with van der Waals surface area (Å²) >= 11 is 0. The lowest BCUT2D eigenvalue weighted by Crippen LogP contribution is -2.14. The second-order valence-electron chi connectivity index (χ2n) is 6.82. The number of hydrogen-bond donors (Lipinski definition) is 0. The van der Waals surface area contributed by atoms with Crippen LogP contribution in [0.25, 0.3) is 22.6 Å². The molecular formula is C21H23N3O4S. The molecule has 29 heavy (non-hydrogen) atoms. The summed E-state index contributed by atoms with van der Waals surface area (Å²) in [6, 6.07) is 10.4. The molecule has 8 heteroatoms. The third-order valence-corrected chi connectivity index (χ3v) is 6.18. The van der Waals surface area contributed by atoms with Gasteiger partial charge >= 0.3 is 0 Å². The minimum Gasteiger partial charge on any atom is -0.496 e. The smallest absolute Gasteiger partial charge is 0.250 e. The molecule has 0 amide bonds. The zero-order chi connectivity index (χ0) is 21.2. The molecule has 0 atom stereocenters. The average Bonchev–Trinajstić information content (AvgIpc) is 2.69. The number of aromatic nitrogens is 3. The molecule has 3 aromatic rings. The summed E-state index contributed by atoms with van der Waals surface area (Å²) in [5.41, 5.74) is 3.17. The number of benzene rings is 1. The van der Waals surface area contributed by atoms with E-state index in [0.29, 0.717) is 34.1 Å². The molecule has 152 valence electrons. The first-order valence-electron chi connectivity index (χ1n) is 9.13. The Morgan fingerprint density at radius 3 is 2.52 bits per heavy atom. The Balaban J connectivity index is 2.23. The number of sulfone groups is 1. The first kappa shape index (κ1) is 20.7. The van der Waals surface area contributed by atoms with Gasteiger partial charge in [-0.05, 0) is 36.8 Å². The number of pyridine rings is 1. The maximum atomic E-state index is 12.2. The summed E-state index contributed by atoms with van der Waals surface area (Å²) in [4.78, 5) is 20.9. The standard InChI is InChI=1S/C21H23N3O4S/c1-5-29(26,27)13-16-11-18(15-7-9-20(25)24(3)12-15)23-21(22-16)17-8-6-14(2)10-19(17)28-4/h6-12H,5,13H2,1-4H3. The van der Waals surface area contributed by atoms with Crippen molar-refractivity contribution in [1.82, 2.24) is 14.5 Å². The van der Waals surface area contributed by atoms with Crippen molar-refractivity contribution in [3.8, 4) is 28.4 Å². The van der Waals surface area contributed by atoms with Crippen LogP contribution < -0.4 is 10.3 Å². The minimum absolute atomic E-state index is 0.0232. The highest BCUT2D eigenvalue weighted by atomic mass is 32.2. The molecule has 0 saturated carbocycles. The van der Waals surface area contributed by atoms with Crippen molar-refractivity contribution in [2.75, 3.05) is 12.9 Å². The van der Waals surface area contributed by atoms with E-state index in [-0.39, 0.29) is 17.1 Å². The van der Waals surface area contributed by atoms with Crippen LogP contribution in [-0.4, -0.2) is 35.8 Å². The predicted molar refractivity (Wildman–Crippen MR) is 113 cm³/mol. The highest BCUT2D eigenvalue weighted by molar-refractivity contribution is 7.90. The fourth-order valence-corrected chi connectivity index (χ4v) is 3.70. The zero-order valence-electron chi connectivity index (χ0n) is 16.8. The number of aryl methyl sites for hydroxylation is 2. The molecule has 1 aromatic carbocycles. The topological polar surface area (TPSA) is 91.2 Å². The van der Waals surface area contributed by atoms with E-state index in [2.05, 4.69) is 9.97 Å². The van der Waals surface area contributed by atoms with Crippen LogP contribution in [0.5, 0.6) is 5.75 Å². The molecule has 2 heterocycles. The van der Waals surface area contributed by atoms with Gasteiger partial charge in [0.2, 0.25) is 5.56 Å². The van der Waals surface area contributed by atoms with Gasteiger partial charge < -0.3 is 9.30 Å². The normalized spacial score (nSPS) is 11.4. The van der Waals surface area contributed by atoms with E-state index in [9.17, 15) is 13.2 Å². The van der Waals surface area contributed by atoms with E-state index in [1.807, 2.05) is 25.1 Å². The monoisotopic (exact) mass is 413 g/mol. The third-order valence-electron chi connectivity index (χ3n) is 4.57. The highest BCUT2D eigenvalue weighted by Crippen LogP contribution is 2.30. The van der Waals surface area contributed by atoms with E-state index in [1.54, 1.807) is 39.4 Å². The van der Waals surface area contributed by atoms with Gasteiger partial charge in [0.1, 0.15) is 5.75 Å². The summed E-state index contributed by atoms with van der Waals surface area (Å²) in [5, 5.41) is 0. The van der Waals surface area contributed by atoms with Gasteiger partial charge in [0.15, 0.2) is 15.7 Å². The number of nitrogens with zero attached hydrogens (tertiary/aromatic N) is 3. The van der Waals surface area contributed by atoms with Crippen molar-refractivity contribution in [3.05, 3.63) is 64.2 Å². The second-order valence-corrected chi connectivity index (χ2v) is 9.17. The molecule has 0 N–H and O–H groups in total. The van der Waals surface area contributed by atoms with Crippen molar-refractivity contribution in [3.63, 3.8) is 0 Å². The zero-order valence-corrected chi connectivity index (χ0v) is 17.7. The van der Waals surface area contributed by atoms with Crippen LogP contribution in [0.1, 0.15) is 18.2 Å². The first-order chi connectivity index (χ1) is 13.7. The van der Waals surface area contributed by atoms with Crippen LogP contribution in [0.4, 0.5) is 0 Å². The van der Waals surface area contributed by atoms with Gasteiger partial charge in [-0.2, -0.15) is 0 Å². The fourth-order valence-electron chi connectivity index (χ4n) is 2.90. The minimum atomic E-state index is -3.28. The van der Waals surface area contributed by atoms with Crippen molar-refractivity contribution >= 4 is 9.84 Å². The molecule has 0 saturated heterocycles. The Morgan fingerprint density at radius 1 is 1.10 bits per heavy atom. The van der Waals surface area contributed by atoms with Crippen molar-refractivity contribution in [2.45, 2.75) is 19.6 Å². The van der Waals surface area contributed by atoms with Gasteiger partial charge in [-0.1, -0.05) is 13.0 Å². The average molecular weight is 413 g/mol. The third kappa shape index (κ3) is 4.71. The van der Waals surface area contributed by atoms with E-state index in [1.165, 1.54) is 10.6 Å². The SMILES string of the molecule is CCS(=O)(=O)Cc1cc(-c2ccc(=O)n(C)c2)nc(-c2ccc(C)cc2OC)n1. The molecule has 0 aliphatic rings. The highest BCUT2D eigenvalue weighted by Gasteiger charge is 2.17. The van der Waals surface area contributed by atoms with Gasteiger partial charge in [-0.15, -0.1) is 0 Å². The van der Waals surface area contributed by atoms with Crippen molar-refractivity contribution < 1.29 is 13.2 Å². The summed E-state index contributed by atoms with van der Waals surface area (Å²) in [7, 11) is -0.0653. The van der Waals surface area contributed by atoms with Gasteiger partial charge in [0.25, 0.3) is 0 Å². The van der Waals surface area contributed by atoms with Crippen LogP contribution in [-0.2, 0) is 22.6 Å². The van der Waals surface area contributed by atoms with E-state index < -0.39 is 9.84 Å². The first-order valence-corrected chi connectivity index (χ1v) is 10.9. The quantitative estimate of drug-likeness (QED) is 0.617. The van der Waals surface area contributed by atoms with Crippen molar-refractivity contribution in [1.29, 1.82) is 0 Å². The summed E-state index contributed by atoms with van der Waals surface area (Å²) in [6.45, 7) is 3.56. The lowest BCUT2D eigenvalue weighted by molar-refractivity contribution is 0.416. The molecule has 7 nitrogen and oxygen atoms in total. The Bertz CT molecular complexity index is 1220. The van der Waals surface area contributed by atoms with Gasteiger partial charge in [0, 0.05) is 30.6 Å². The maximum Gasteiger partial charge on any atom is 0.250 e. The molecule has 0 bridgehead atoms. The van der Waals surface area contributed by atoms with Gasteiger partial charge in [0.05, 0.1) is 29.8 Å².